The number of carbonyl (C=O) groups is 1. The molecule has 2 rings (SSSR count). The van der Waals surface area contributed by atoms with Crippen LogP contribution in [-0.2, 0) is 11.2 Å². The normalized spacial score (nSPS) is 10.3. The van der Waals surface area contributed by atoms with Crippen LogP contribution < -0.4 is 5.73 Å². The molecule has 0 unspecified atom stereocenters. The molecule has 2 aromatic rings. The maximum Gasteiger partial charge on any atom is 0.339 e. The van der Waals surface area contributed by atoms with Crippen molar-refractivity contribution in [1.82, 2.24) is 4.98 Å². The van der Waals surface area contributed by atoms with Crippen LogP contribution in [0.1, 0.15) is 27.2 Å². The number of pyridine rings is 1. The molecule has 1 aromatic heterocycles. The number of halogens is 1. The van der Waals surface area contributed by atoms with Gasteiger partial charge in [-0.2, -0.15) is 0 Å². The molecule has 0 aliphatic heterocycles. The average Bonchev–Trinajstić information content (AvgIpc) is 2.43. The number of nitrogen functional groups attached to an aromatic ring is 1. The summed E-state index contributed by atoms with van der Waals surface area (Å²) in [5.41, 5.74) is 8.75. The number of aryl methyl sites for hydroxylation is 1. The van der Waals surface area contributed by atoms with Gasteiger partial charge in [-0.05, 0) is 36.2 Å². The molecule has 1 aromatic carbocycles. The first kappa shape index (κ1) is 14.3. The Bertz CT molecular complexity index is 639. The molecule has 0 radical (unpaired) electrons. The van der Waals surface area contributed by atoms with Crippen LogP contribution in [0.25, 0.3) is 0 Å². The molecule has 0 aliphatic rings. The van der Waals surface area contributed by atoms with E-state index < -0.39 is 5.97 Å². The largest absolute Gasteiger partial charge is 0.465 e. The van der Waals surface area contributed by atoms with Crippen molar-refractivity contribution in [3.05, 3.63) is 57.7 Å². The van der Waals surface area contributed by atoms with Crippen molar-refractivity contribution in [1.29, 1.82) is 0 Å². The number of methoxy groups -OCH3 is 1. The highest BCUT2D eigenvalue weighted by atomic mass is 35.5. The van der Waals surface area contributed by atoms with Gasteiger partial charge in [-0.15, -0.1) is 0 Å². The highest BCUT2D eigenvalue weighted by Gasteiger charge is 2.14. The monoisotopic (exact) mass is 290 g/mol. The molecule has 0 saturated carbocycles. The van der Waals surface area contributed by atoms with E-state index in [1.807, 2.05) is 24.3 Å². The molecule has 0 aliphatic carbocycles. The molecule has 20 heavy (non-hydrogen) atoms. The average molecular weight is 291 g/mol. The third kappa shape index (κ3) is 3.08. The van der Waals surface area contributed by atoms with Gasteiger partial charge in [-0.3, -0.25) is 0 Å². The van der Waals surface area contributed by atoms with Crippen molar-refractivity contribution in [2.24, 2.45) is 0 Å². The minimum atomic E-state index is -0.410. The molecule has 5 heteroatoms. The van der Waals surface area contributed by atoms with Crippen molar-refractivity contribution in [3.8, 4) is 0 Å². The number of aromatic nitrogens is 1. The number of hydrogen-bond acceptors (Lipinski definition) is 4. The minimum absolute atomic E-state index is 0.410. The van der Waals surface area contributed by atoms with Gasteiger partial charge >= 0.3 is 5.97 Å². The van der Waals surface area contributed by atoms with Gasteiger partial charge in [0, 0.05) is 11.4 Å². The van der Waals surface area contributed by atoms with E-state index in [0.29, 0.717) is 28.5 Å². The quantitative estimate of drug-likeness (QED) is 0.883. The predicted octanol–water partition coefficient (Wildman–Crippen LogP) is 3.00. The molecule has 0 atom stereocenters. The fourth-order valence-electron chi connectivity index (χ4n) is 1.95. The van der Waals surface area contributed by atoms with E-state index in [9.17, 15) is 4.79 Å². The minimum Gasteiger partial charge on any atom is -0.465 e. The predicted molar refractivity (Wildman–Crippen MR) is 79.0 cm³/mol. The Morgan fingerprint density at radius 3 is 2.60 bits per heavy atom. The summed E-state index contributed by atoms with van der Waals surface area (Å²) in [5, 5.41) is 0.680. The third-order valence-corrected chi connectivity index (χ3v) is 3.29. The van der Waals surface area contributed by atoms with E-state index in [1.165, 1.54) is 7.11 Å². The fourth-order valence-corrected chi connectivity index (χ4v) is 2.07. The Labute approximate surface area is 122 Å². The molecular weight excluding hydrogens is 276 g/mol. The van der Waals surface area contributed by atoms with Gasteiger partial charge in [-0.1, -0.05) is 23.7 Å². The summed E-state index contributed by atoms with van der Waals surface area (Å²) in [6.45, 7) is 1.73. The first-order valence-electron chi connectivity index (χ1n) is 6.10. The Morgan fingerprint density at radius 1 is 1.35 bits per heavy atom. The van der Waals surface area contributed by atoms with Crippen molar-refractivity contribution < 1.29 is 9.53 Å². The van der Waals surface area contributed by atoms with Gasteiger partial charge < -0.3 is 10.5 Å². The van der Waals surface area contributed by atoms with Gasteiger partial charge in [-0.25, -0.2) is 9.78 Å². The van der Waals surface area contributed by atoms with E-state index in [0.717, 1.165) is 11.1 Å². The zero-order chi connectivity index (χ0) is 14.7. The van der Waals surface area contributed by atoms with Crippen molar-refractivity contribution in [2.45, 2.75) is 13.3 Å². The number of carbonyl (C=O) groups excluding carboxylic acids is 1. The number of esters is 1. The van der Waals surface area contributed by atoms with Gasteiger partial charge in [0.25, 0.3) is 0 Å². The van der Waals surface area contributed by atoms with Crippen molar-refractivity contribution in [2.75, 3.05) is 12.8 Å². The van der Waals surface area contributed by atoms with Gasteiger partial charge in [0.05, 0.1) is 18.4 Å². The second kappa shape index (κ2) is 5.92. The summed E-state index contributed by atoms with van der Waals surface area (Å²) in [6.07, 6.45) is 0.584. The van der Waals surface area contributed by atoms with E-state index in [2.05, 4.69) is 4.98 Å². The number of ether oxygens (including phenoxy) is 1. The zero-order valence-electron chi connectivity index (χ0n) is 11.3. The van der Waals surface area contributed by atoms with Crippen LogP contribution in [0.3, 0.4) is 0 Å². The number of benzene rings is 1. The summed E-state index contributed by atoms with van der Waals surface area (Å²) in [4.78, 5) is 15.9. The van der Waals surface area contributed by atoms with Gasteiger partial charge in [0.2, 0.25) is 0 Å². The SMILES string of the molecule is COC(=O)c1cc(Cc2ccc(Cl)cc2)c(N)nc1C. The van der Waals surface area contributed by atoms with Gasteiger partial charge in [0.15, 0.2) is 0 Å². The molecule has 4 nitrogen and oxygen atoms in total. The third-order valence-electron chi connectivity index (χ3n) is 3.04. The molecule has 0 saturated heterocycles. The van der Waals surface area contributed by atoms with E-state index >= 15 is 0 Å². The lowest BCUT2D eigenvalue weighted by Crippen LogP contribution is -2.09. The number of hydrogen-bond donors (Lipinski definition) is 1. The van der Waals surface area contributed by atoms with Crippen molar-refractivity contribution >= 4 is 23.4 Å². The van der Waals surface area contributed by atoms with Crippen LogP contribution >= 0.6 is 11.6 Å². The number of nitrogens with zero attached hydrogens (tertiary/aromatic N) is 1. The number of nitrogens with two attached hydrogens (primary N) is 1. The summed E-state index contributed by atoms with van der Waals surface area (Å²) in [7, 11) is 1.34. The molecule has 1 heterocycles. The zero-order valence-corrected chi connectivity index (χ0v) is 12.1. The summed E-state index contributed by atoms with van der Waals surface area (Å²) in [6, 6.07) is 9.20. The second-order valence-electron chi connectivity index (χ2n) is 4.46. The summed E-state index contributed by atoms with van der Waals surface area (Å²) >= 11 is 5.85. The standard InChI is InChI=1S/C15H15ClN2O2/c1-9-13(15(19)20-2)8-11(14(17)18-9)7-10-3-5-12(16)6-4-10/h3-6,8H,7H2,1-2H3,(H2,17,18). The first-order valence-corrected chi connectivity index (χ1v) is 6.48. The topological polar surface area (TPSA) is 65.2 Å². The smallest absolute Gasteiger partial charge is 0.339 e. The number of anilines is 1. The Morgan fingerprint density at radius 2 is 2.00 bits per heavy atom. The highest BCUT2D eigenvalue weighted by Crippen LogP contribution is 2.20. The van der Waals surface area contributed by atoms with Gasteiger partial charge in [0.1, 0.15) is 5.82 Å². The Kier molecular flexibility index (Phi) is 4.25. The second-order valence-corrected chi connectivity index (χ2v) is 4.90. The summed E-state index contributed by atoms with van der Waals surface area (Å²) in [5.74, 6) is 0.0115. The lowest BCUT2D eigenvalue weighted by Gasteiger charge is -2.10. The maximum atomic E-state index is 11.7. The van der Waals surface area contributed by atoms with Crippen LogP contribution in [0.4, 0.5) is 5.82 Å². The van der Waals surface area contributed by atoms with Crippen LogP contribution in [0.5, 0.6) is 0 Å². The molecule has 0 fully saturated rings. The highest BCUT2D eigenvalue weighted by molar-refractivity contribution is 6.30. The van der Waals surface area contributed by atoms with Crippen LogP contribution in [-0.4, -0.2) is 18.1 Å². The van der Waals surface area contributed by atoms with E-state index in [4.69, 9.17) is 22.1 Å². The summed E-state index contributed by atoms with van der Waals surface area (Å²) < 4.78 is 4.74. The Balaban J connectivity index is 2.36. The van der Waals surface area contributed by atoms with E-state index in [1.54, 1.807) is 13.0 Å². The van der Waals surface area contributed by atoms with E-state index in [-0.39, 0.29) is 0 Å². The van der Waals surface area contributed by atoms with Crippen LogP contribution in [0.2, 0.25) is 5.02 Å². The Hall–Kier alpha value is -2.07. The molecule has 2 N–H and O–H groups in total. The molecule has 0 bridgehead atoms. The van der Waals surface area contributed by atoms with Crippen LogP contribution in [0.15, 0.2) is 30.3 Å². The maximum absolute atomic E-state index is 11.7. The van der Waals surface area contributed by atoms with Crippen LogP contribution in [0, 0.1) is 6.92 Å². The molecular formula is C15H15ClN2O2. The lowest BCUT2D eigenvalue weighted by atomic mass is 10.0. The molecule has 104 valence electrons. The molecule has 0 amide bonds. The number of rotatable bonds is 3. The lowest BCUT2D eigenvalue weighted by molar-refractivity contribution is 0.0599. The first-order chi connectivity index (χ1) is 9.51. The van der Waals surface area contributed by atoms with Crippen molar-refractivity contribution in [3.63, 3.8) is 0 Å². The molecule has 0 spiro atoms. The fraction of sp³-hybridized carbons (Fsp3) is 0.200.